The quantitative estimate of drug-likeness (QED) is 0.689. The summed E-state index contributed by atoms with van der Waals surface area (Å²) >= 11 is 0. The first kappa shape index (κ1) is 14.0. The Morgan fingerprint density at radius 2 is 2.10 bits per heavy atom. The minimum absolute atomic E-state index is 0.0312. The number of nitrogen functional groups attached to an aromatic ring is 1. The summed E-state index contributed by atoms with van der Waals surface area (Å²) in [5, 5.41) is 4.14. The van der Waals surface area contributed by atoms with E-state index in [1.807, 2.05) is 6.92 Å². The predicted octanol–water partition coefficient (Wildman–Crippen LogP) is 2.12. The van der Waals surface area contributed by atoms with Gasteiger partial charge in [0, 0.05) is 12.7 Å². The summed E-state index contributed by atoms with van der Waals surface area (Å²) in [6.07, 6.45) is 0. The number of aromatic nitrogens is 2. The first-order valence-electron chi connectivity index (χ1n) is 6.10. The standard InChI is InChI=1S/C14H16FN3O2/c1-8-4-10(16)6-12(13(8)15)14(19)20-7-11-5-9(2)17-18(11)3/h4-6H,7,16H2,1-3H3. The molecule has 0 aliphatic carbocycles. The van der Waals surface area contributed by atoms with Crippen LogP contribution in [0.3, 0.4) is 0 Å². The number of rotatable bonds is 3. The number of esters is 1. The SMILES string of the molecule is Cc1cc(COC(=O)c2cc(N)cc(C)c2F)n(C)n1. The van der Waals surface area contributed by atoms with Gasteiger partial charge in [0.25, 0.3) is 0 Å². The van der Waals surface area contributed by atoms with Crippen LogP contribution in [0.25, 0.3) is 0 Å². The molecule has 2 rings (SSSR count). The fraction of sp³-hybridized carbons (Fsp3) is 0.286. The van der Waals surface area contributed by atoms with Gasteiger partial charge in [0.2, 0.25) is 0 Å². The summed E-state index contributed by atoms with van der Waals surface area (Å²) in [5.74, 6) is -1.35. The molecule has 0 spiro atoms. The molecule has 1 heterocycles. The fourth-order valence-electron chi connectivity index (χ4n) is 1.96. The minimum atomic E-state index is -0.739. The predicted molar refractivity (Wildman–Crippen MR) is 72.6 cm³/mol. The number of nitrogens with zero attached hydrogens (tertiary/aromatic N) is 2. The van der Waals surface area contributed by atoms with E-state index < -0.39 is 11.8 Å². The highest BCUT2D eigenvalue weighted by atomic mass is 19.1. The fourth-order valence-corrected chi connectivity index (χ4v) is 1.96. The number of hydrogen-bond donors (Lipinski definition) is 1. The molecule has 0 unspecified atom stereocenters. The highest BCUT2D eigenvalue weighted by Gasteiger charge is 2.17. The third-order valence-electron chi connectivity index (χ3n) is 2.95. The van der Waals surface area contributed by atoms with E-state index in [4.69, 9.17) is 10.5 Å². The van der Waals surface area contributed by atoms with Crippen molar-refractivity contribution in [2.45, 2.75) is 20.5 Å². The molecule has 2 aromatic rings. The van der Waals surface area contributed by atoms with Crippen LogP contribution in [0.5, 0.6) is 0 Å². The van der Waals surface area contributed by atoms with Crippen LogP contribution in [0.4, 0.5) is 10.1 Å². The molecule has 0 amide bonds. The van der Waals surface area contributed by atoms with Crippen LogP contribution in [-0.4, -0.2) is 15.7 Å². The lowest BCUT2D eigenvalue weighted by atomic mass is 10.1. The molecule has 1 aromatic carbocycles. The second-order valence-corrected chi connectivity index (χ2v) is 4.68. The van der Waals surface area contributed by atoms with Gasteiger partial charge in [0.1, 0.15) is 12.4 Å². The van der Waals surface area contributed by atoms with Gasteiger partial charge in [0.15, 0.2) is 0 Å². The van der Waals surface area contributed by atoms with E-state index in [1.54, 1.807) is 24.7 Å². The lowest BCUT2D eigenvalue weighted by molar-refractivity contribution is 0.0458. The van der Waals surface area contributed by atoms with Crippen molar-refractivity contribution in [2.24, 2.45) is 7.05 Å². The Morgan fingerprint density at radius 1 is 1.40 bits per heavy atom. The van der Waals surface area contributed by atoms with Crippen molar-refractivity contribution in [3.63, 3.8) is 0 Å². The summed E-state index contributed by atoms with van der Waals surface area (Å²) < 4.78 is 20.6. The number of halogens is 1. The van der Waals surface area contributed by atoms with Crippen LogP contribution in [0.2, 0.25) is 0 Å². The lowest BCUT2D eigenvalue weighted by Crippen LogP contribution is -2.11. The zero-order valence-electron chi connectivity index (χ0n) is 11.6. The van der Waals surface area contributed by atoms with Crippen molar-refractivity contribution in [1.82, 2.24) is 9.78 Å². The molecule has 0 saturated heterocycles. The number of carbonyl (C=O) groups excluding carboxylic acids is 1. The van der Waals surface area contributed by atoms with Crippen molar-refractivity contribution < 1.29 is 13.9 Å². The minimum Gasteiger partial charge on any atom is -0.456 e. The molecular formula is C14H16FN3O2. The Kier molecular flexibility index (Phi) is 3.74. The second-order valence-electron chi connectivity index (χ2n) is 4.68. The van der Waals surface area contributed by atoms with Crippen molar-refractivity contribution in [3.05, 3.63) is 46.5 Å². The molecule has 1 aromatic heterocycles. The molecule has 0 aliphatic heterocycles. The van der Waals surface area contributed by atoms with Gasteiger partial charge in [-0.15, -0.1) is 0 Å². The number of anilines is 1. The monoisotopic (exact) mass is 277 g/mol. The van der Waals surface area contributed by atoms with E-state index in [9.17, 15) is 9.18 Å². The zero-order chi connectivity index (χ0) is 14.9. The normalized spacial score (nSPS) is 10.6. The van der Waals surface area contributed by atoms with Crippen molar-refractivity contribution in [2.75, 3.05) is 5.73 Å². The molecule has 20 heavy (non-hydrogen) atoms. The third kappa shape index (κ3) is 2.79. The third-order valence-corrected chi connectivity index (χ3v) is 2.95. The van der Waals surface area contributed by atoms with Crippen LogP contribution >= 0.6 is 0 Å². The number of carbonyl (C=O) groups is 1. The first-order valence-corrected chi connectivity index (χ1v) is 6.10. The van der Waals surface area contributed by atoms with Crippen LogP contribution in [0, 0.1) is 19.7 Å². The maximum atomic E-state index is 13.9. The smallest absolute Gasteiger partial charge is 0.341 e. The van der Waals surface area contributed by atoms with Crippen LogP contribution in [-0.2, 0) is 18.4 Å². The van der Waals surface area contributed by atoms with Gasteiger partial charge in [-0.05, 0) is 37.6 Å². The first-order chi connectivity index (χ1) is 9.38. The molecule has 106 valence electrons. The second kappa shape index (κ2) is 5.32. The highest BCUT2D eigenvalue weighted by Crippen LogP contribution is 2.18. The number of ether oxygens (including phenoxy) is 1. The average Bonchev–Trinajstić information content (AvgIpc) is 2.69. The van der Waals surface area contributed by atoms with Gasteiger partial charge in [0.05, 0.1) is 17.0 Å². The van der Waals surface area contributed by atoms with Gasteiger partial charge >= 0.3 is 5.97 Å². The summed E-state index contributed by atoms with van der Waals surface area (Å²) in [7, 11) is 1.75. The molecule has 0 bridgehead atoms. The van der Waals surface area contributed by atoms with Crippen LogP contribution in [0.15, 0.2) is 18.2 Å². The van der Waals surface area contributed by atoms with E-state index in [-0.39, 0.29) is 12.2 Å². The zero-order valence-corrected chi connectivity index (χ0v) is 11.6. The summed E-state index contributed by atoms with van der Waals surface area (Å²) in [6, 6.07) is 4.55. The van der Waals surface area contributed by atoms with Gasteiger partial charge < -0.3 is 10.5 Å². The largest absolute Gasteiger partial charge is 0.456 e. The summed E-state index contributed by atoms with van der Waals surface area (Å²) in [5.41, 5.74) is 7.66. The van der Waals surface area contributed by atoms with Crippen molar-refractivity contribution >= 4 is 11.7 Å². The van der Waals surface area contributed by atoms with Gasteiger partial charge in [-0.1, -0.05) is 0 Å². The molecule has 6 heteroatoms. The maximum absolute atomic E-state index is 13.9. The Morgan fingerprint density at radius 3 is 2.70 bits per heavy atom. The van der Waals surface area contributed by atoms with Gasteiger partial charge in [-0.25, -0.2) is 9.18 Å². The van der Waals surface area contributed by atoms with E-state index in [0.717, 1.165) is 11.4 Å². The van der Waals surface area contributed by atoms with E-state index in [2.05, 4.69) is 5.10 Å². The molecule has 0 aliphatic rings. The molecule has 0 saturated carbocycles. The topological polar surface area (TPSA) is 70.1 Å². The maximum Gasteiger partial charge on any atom is 0.341 e. The van der Waals surface area contributed by atoms with E-state index in [0.29, 0.717) is 11.3 Å². The van der Waals surface area contributed by atoms with Gasteiger partial charge in [-0.2, -0.15) is 5.10 Å². The summed E-state index contributed by atoms with van der Waals surface area (Å²) in [6.45, 7) is 3.42. The number of aryl methyl sites for hydroxylation is 3. The Balaban J connectivity index is 2.15. The Bertz CT molecular complexity index is 665. The average molecular weight is 277 g/mol. The molecular weight excluding hydrogens is 261 g/mol. The Hall–Kier alpha value is -2.37. The molecule has 0 radical (unpaired) electrons. The highest BCUT2D eigenvalue weighted by molar-refractivity contribution is 5.91. The van der Waals surface area contributed by atoms with E-state index in [1.165, 1.54) is 12.1 Å². The molecule has 0 fully saturated rings. The van der Waals surface area contributed by atoms with Gasteiger partial charge in [-0.3, -0.25) is 4.68 Å². The molecule has 5 nitrogen and oxygen atoms in total. The van der Waals surface area contributed by atoms with Crippen LogP contribution < -0.4 is 5.73 Å². The number of hydrogen-bond acceptors (Lipinski definition) is 4. The summed E-state index contributed by atoms with van der Waals surface area (Å²) in [4.78, 5) is 11.9. The van der Waals surface area contributed by atoms with Crippen LogP contribution in [0.1, 0.15) is 27.3 Å². The lowest BCUT2D eigenvalue weighted by Gasteiger charge is -2.08. The molecule has 2 N–H and O–H groups in total. The van der Waals surface area contributed by atoms with E-state index >= 15 is 0 Å². The number of nitrogens with two attached hydrogens (primary N) is 1. The molecule has 0 atom stereocenters. The number of benzene rings is 1. The van der Waals surface area contributed by atoms with Crippen molar-refractivity contribution in [3.8, 4) is 0 Å². The van der Waals surface area contributed by atoms with Crippen molar-refractivity contribution in [1.29, 1.82) is 0 Å². The Labute approximate surface area is 116 Å².